The molecule has 0 unspecified atom stereocenters. The molecule has 0 aliphatic heterocycles. The highest BCUT2D eigenvalue weighted by molar-refractivity contribution is 5.81. The number of ether oxygens (including phenoxy) is 1. The molecule has 0 aromatic heterocycles. The molecule has 18 heavy (non-hydrogen) atoms. The van der Waals surface area contributed by atoms with Crippen molar-refractivity contribution in [2.24, 2.45) is 11.8 Å². The van der Waals surface area contributed by atoms with Gasteiger partial charge in [-0.3, -0.25) is 9.59 Å². The Hall–Kier alpha value is -1.59. The third-order valence-electron chi connectivity index (χ3n) is 3.20. The Balaban J connectivity index is 4.97. The lowest BCUT2D eigenvalue weighted by Crippen LogP contribution is -2.46. The van der Waals surface area contributed by atoms with Gasteiger partial charge in [-0.2, -0.15) is 0 Å². The standard InChI is InChI=1S/C12H20O6/c1-5-9(10(14)15)6-7(2)12(4,11(16)17)18-8(3)13/h7,9H,5-6H2,1-4H3,(H,14,15)(H,16,17)/t7-,9+,12+/m1/s1. The lowest BCUT2D eigenvalue weighted by atomic mass is 9.82. The Morgan fingerprint density at radius 2 is 1.78 bits per heavy atom. The Labute approximate surface area is 106 Å². The molecule has 6 heteroatoms. The first-order valence-electron chi connectivity index (χ1n) is 5.80. The van der Waals surface area contributed by atoms with Gasteiger partial charge in [0.1, 0.15) is 0 Å². The first-order valence-corrected chi connectivity index (χ1v) is 5.80. The van der Waals surface area contributed by atoms with Gasteiger partial charge in [0.25, 0.3) is 0 Å². The van der Waals surface area contributed by atoms with Crippen LogP contribution < -0.4 is 0 Å². The zero-order chi connectivity index (χ0) is 14.5. The molecule has 6 nitrogen and oxygen atoms in total. The normalized spacial score (nSPS) is 17.3. The smallest absolute Gasteiger partial charge is 0.348 e. The number of aliphatic carboxylic acids is 2. The lowest BCUT2D eigenvalue weighted by Gasteiger charge is -2.32. The fourth-order valence-electron chi connectivity index (χ4n) is 1.75. The third-order valence-corrected chi connectivity index (χ3v) is 3.20. The Bertz CT molecular complexity index is 337. The van der Waals surface area contributed by atoms with Crippen molar-refractivity contribution < 1.29 is 29.3 Å². The third kappa shape index (κ3) is 4.01. The van der Waals surface area contributed by atoms with Gasteiger partial charge in [-0.25, -0.2) is 4.79 Å². The second-order valence-corrected chi connectivity index (χ2v) is 4.59. The molecule has 104 valence electrons. The number of carboxylic acids is 2. The predicted molar refractivity (Wildman–Crippen MR) is 63.0 cm³/mol. The van der Waals surface area contributed by atoms with Gasteiger partial charge in [-0.05, 0) is 19.8 Å². The molecule has 0 saturated heterocycles. The summed E-state index contributed by atoms with van der Waals surface area (Å²) in [7, 11) is 0. The van der Waals surface area contributed by atoms with Crippen molar-refractivity contribution in [1.82, 2.24) is 0 Å². The summed E-state index contributed by atoms with van der Waals surface area (Å²) in [4.78, 5) is 33.1. The van der Waals surface area contributed by atoms with Crippen molar-refractivity contribution in [2.75, 3.05) is 0 Å². The molecule has 0 aliphatic rings. The Morgan fingerprint density at radius 1 is 1.28 bits per heavy atom. The first kappa shape index (κ1) is 16.4. The molecule has 0 radical (unpaired) electrons. The van der Waals surface area contributed by atoms with Crippen molar-refractivity contribution in [3.63, 3.8) is 0 Å². The minimum atomic E-state index is -1.70. The van der Waals surface area contributed by atoms with Crippen LogP contribution in [0.5, 0.6) is 0 Å². The topological polar surface area (TPSA) is 101 Å². The zero-order valence-electron chi connectivity index (χ0n) is 11.1. The van der Waals surface area contributed by atoms with Crippen LogP contribution in [0.2, 0.25) is 0 Å². The maximum Gasteiger partial charge on any atom is 0.348 e. The van der Waals surface area contributed by atoms with E-state index in [1.165, 1.54) is 6.92 Å². The number of carbonyl (C=O) groups is 3. The van der Waals surface area contributed by atoms with Crippen LogP contribution >= 0.6 is 0 Å². The van der Waals surface area contributed by atoms with Gasteiger partial charge in [0, 0.05) is 12.8 Å². The summed E-state index contributed by atoms with van der Waals surface area (Å²) in [5.74, 6) is -4.19. The number of carboxylic acid groups (broad SMARTS) is 2. The molecule has 2 N–H and O–H groups in total. The second-order valence-electron chi connectivity index (χ2n) is 4.59. The summed E-state index contributed by atoms with van der Waals surface area (Å²) in [5, 5.41) is 18.1. The van der Waals surface area contributed by atoms with Crippen molar-refractivity contribution >= 4 is 17.9 Å². The summed E-state index contributed by atoms with van der Waals surface area (Å²) < 4.78 is 4.85. The van der Waals surface area contributed by atoms with Crippen molar-refractivity contribution in [3.8, 4) is 0 Å². The minimum Gasteiger partial charge on any atom is -0.481 e. The number of rotatable bonds is 7. The predicted octanol–water partition coefficient (Wildman–Crippen LogP) is 1.53. The minimum absolute atomic E-state index is 0.141. The van der Waals surface area contributed by atoms with E-state index in [2.05, 4.69) is 0 Å². The molecule has 3 atom stereocenters. The van der Waals surface area contributed by atoms with E-state index in [-0.39, 0.29) is 6.42 Å². The molecule has 0 heterocycles. The van der Waals surface area contributed by atoms with E-state index in [0.717, 1.165) is 6.92 Å². The second kappa shape index (κ2) is 6.37. The molecule has 0 aliphatic carbocycles. The highest BCUT2D eigenvalue weighted by atomic mass is 16.6. The molecule has 0 aromatic rings. The number of hydrogen-bond acceptors (Lipinski definition) is 4. The fourth-order valence-corrected chi connectivity index (χ4v) is 1.75. The summed E-state index contributed by atoms with van der Waals surface area (Å²) in [6, 6.07) is 0. The summed E-state index contributed by atoms with van der Waals surface area (Å²) >= 11 is 0. The van der Waals surface area contributed by atoms with Gasteiger partial charge in [0.2, 0.25) is 5.60 Å². The summed E-state index contributed by atoms with van der Waals surface area (Å²) in [6.07, 6.45) is 0.539. The van der Waals surface area contributed by atoms with Crippen LogP contribution in [0.4, 0.5) is 0 Å². The van der Waals surface area contributed by atoms with Crippen LogP contribution in [-0.2, 0) is 19.1 Å². The van der Waals surface area contributed by atoms with Crippen LogP contribution in [0, 0.1) is 11.8 Å². The van der Waals surface area contributed by atoms with Crippen molar-refractivity contribution in [1.29, 1.82) is 0 Å². The molecule has 0 fully saturated rings. The maximum atomic E-state index is 11.2. The van der Waals surface area contributed by atoms with Crippen LogP contribution in [0.25, 0.3) is 0 Å². The van der Waals surface area contributed by atoms with Crippen LogP contribution in [0.3, 0.4) is 0 Å². The van der Waals surface area contributed by atoms with Gasteiger partial charge < -0.3 is 14.9 Å². The van der Waals surface area contributed by atoms with Crippen molar-refractivity contribution in [3.05, 3.63) is 0 Å². The SMILES string of the molecule is CC[C@@H](C[C@@H](C)[C@](C)(OC(C)=O)C(=O)O)C(=O)O. The van der Waals surface area contributed by atoms with Gasteiger partial charge in [-0.15, -0.1) is 0 Å². The molecular weight excluding hydrogens is 240 g/mol. The van der Waals surface area contributed by atoms with E-state index >= 15 is 0 Å². The average molecular weight is 260 g/mol. The highest BCUT2D eigenvalue weighted by Crippen LogP contribution is 2.29. The molecule has 0 amide bonds. The van der Waals surface area contributed by atoms with Crippen LogP contribution in [0.15, 0.2) is 0 Å². The zero-order valence-corrected chi connectivity index (χ0v) is 11.1. The molecule has 0 rings (SSSR count). The Kier molecular flexibility index (Phi) is 5.81. The van der Waals surface area contributed by atoms with E-state index in [9.17, 15) is 14.4 Å². The van der Waals surface area contributed by atoms with E-state index in [1.54, 1.807) is 13.8 Å². The van der Waals surface area contributed by atoms with Crippen LogP contribution in [0.1, 0.15) is 40.5 Å². The Morgan fingerprint density at radius 3 is 2.06 bits per heavy atom. The van der Waals surface area contributed by atoms with Gasteiger partial charge >= 0.3 is 17.9 Å². The molecule has 0 aromatic carbocycles. The largest absolute Gasteiger partial charge is 0.481 e. The van der Waals surface area contributed by atoms with E-state index in [1.807, 2.05) is 0 Å². The van der Waals surface area contributed by atoms with Gasteiger partial charge in [0.05, 0.1) is 5.92 Å². The highest BCUT2D eigenvalue weighted by Gasteiger charge is 2.43. The summed E-state index contributed by atoms with van der Waals surface area (Å²) in [5.41, 5.74) is -1.70. The van der Waals surface area contributed by atoms with Gasteiger partial charge in [-0.1, -0.05) is 13.8 Å². The molecular formula is C12H20O6. The summed E-state index contributed by atoms with van der Waals surface area (Å²) in [6.45, 7) is 5.70. The first-order chi connectivity index (χ1) is 8.15. The fraction of sp³-hybridized carbons (Fsp3) is 0.750. The van der Waals surface area contributed by atoms with E-state index in [0.29, 0.717) is 6.42 Å². The average Bonchev–Trinajstić information content (AvgIpc) is 2.23. The van der Waals surface area contributed by atoms with Crippen molar-refractivity contribution in [2.45, 2.75) is 46.1 Å². The molecule has 0 bridgehead atoms. The van der Waals surface area contributed by atoms with E-state index < -0.39 is 35.3 Å². The monoisotopic (exact) mass is 260 g/mol. The maximum absolute atomic E-state index is 11.2. The quantitative estimate of drug-likeness (QED) is 0.673. The number of hydrogen-bond donors (Lipinski definition) is 2. The molecule has 0 spiro atoms. The van der Waals surface area contributed by atoms with Crippen LogP contribution in [-0.4, -0.2) is 33.7 Å². The number of esters is 1. The number of carbonyl (C=O) groups excluding carboxylic acids is 1. The molecule has 0 saturated carbocycles. The van der Waals surface area contributed by atoms with Gasteiger partial charge in [0.15, 0.2) is 0 Å². The van der Waals surface area contributed by atoms with E-state index in [4.69, 9.17) is 14.9 Å². The lowest BCUT2D eigenvalue weighted by molar-refractivity contribution is -0.182.